The predicted octanol–water partition coefficient (Wildman–Crippen LogP) is 3.23. The molecule has 6 heteroatoms. The minimum Gasteiger partial charge on any atom is -0.495 e. The van der Waals surface area contributed by atoms with Gasteiger partial charge < -0.3 is 19.9 Å². The van der Waals surface area contributed by atoms with Gasteiger partial charge in [0.1, 0.15) is 5.75 Å². The van der Waals surface area contributed by atoms with Crippen LogP contribution in [0.1, 0.15) is 24.8 Å². The number of aliphatic imine (C=N–C) groups is 1. The normalized spacial score (nSPS) is 16.8. The highest BCUT2D eigenvalue weighted by molar-refractivity contribution is 6.32. The minimum absolute atomic E-state index is 0.0542. The van der Waals surface area contributed by atoms with Gasteiger partial charge in [-0.3, -0.25) is 9.79 Å². The van der Waals surface area contributed by atoms with Crippen molar-refractivity contribution in [1.29, 1.82) is 0 Å². The van der Waals surface area contributed by atoms with Crippen LogP contribution >= 0.6 is 0 Å². The number of rotatable bonds is 4. The SMILES string of the molecule is CN=C(NC1=C(c2ccc(N(C)C)c(OC)c2)C(=O)C2=CCCC=C2C1)N(C)C. The quantitative estimate of drug-likeness (QED) is 0.628. The molecular formula is C23H30N4O2. The Morgan fingerprint density at radius 1 is 1.14 bits per heavy atom. The molecule has 1 N–H and O–H groups in total. The summed E-state index contributed by atoms with van der Waals surface area (Å²) >= 11 is 0. The van der Waals surface area contributed by atoms with Crippen LogP contribution in [-0.2, 0) is 4.79 Å². The third-order valence-corrected chi connectivity index (χ3v) is 5.24. The van der Waals surface area contributed by atoms with E-state index in [9.17, 15) is 4.79 Å². The highest BCUT2D eigenvalue weighted by Gasteiger charge is 2.31. The van der Waals surface area contributed by atoms with E-state index in [1.165, 1.54) is 0 Å². The lowest BCUT2D eigenvalue weighted by Gasteiger charge is -2.29. The molecule has 0 unspecified atom stereocenters. The first-order valence-electron chi connectivity index (χ1n) is 9.81. The van der Waals surface area contributed by atoms with Crippen molar-refractivity contribution in [3.8, 4) is 5.75 Å². The number of guanidine groups is 1. The van der Waals surface area contributed by atoms with Crippen LogP contribution in [0.5, 0.6) is 5.75 Å². The molecule has 0 bridgehead atoms. The zero-order valence-electron chi connectivity index (χ0n) is 18.2. The molecule has 0 radical (unpaired) electrons. The zero-order valence-corrected chi connectivity index (χ0v) is 18.2. The lowest BCUT2D eigenvalue weighted by Crippen LogP contribution is -2.38. The van der Waals surface area contributed by atoms with Crippen LogP contribution in [0.3, 0.4) is 0 Å². The summed E-state index contributed by atoms with van der Waals surface area (Å²) in [6, 6.07) is 5.93. The summed E-state index contributed by atoms with van der Waals surface area (Å²) in [6.07, 6.45) is 6.81. The van der Waals surface area contributed by atoms with Crippen molar-refractivity contribution in [2.75, 3.05) is 47.2 Å². The molecule has 0 fully saturated rings. The molecule has 0 spiro atoms. The molecule has 0 heterocycles. The summed E-state index contributed by atoms with van der Waals surface area (Å²) in [4.78, 5) is 21.8. The molecular weight excluding hydrogens is 364 g/mol. The van der Waals surface area contributed by atoms with Gasteiger partial charge in [0.25, 0.3) is 0 Å². The molecule has 2 aliphatic rings. The number of carbonyl (C=O) groups is 1. The zero-order chi connectivity index (χ0) is 21.1. The molecule has 0 saturated heterocycles. The standard InChI is InChI=1S/C23H30N4O2/c1-24-23(27(4)5)25-18-13-15-9-7-8-10-17(15)22(28)21(18)16-11-12-19(26(2)3)20(14-16)29-6/h9-12,14H,7-8,13H2,1-6H3,(H,24,25). The maximum atomic E-state index is 13.5. The van der Waals surface area contributed by atoms with Crippen molar-refractivity contribution < 1.29 is 9.53 Å². The van der Waals surface area contributed by atoms with Crippen LogP contribution in [0.2, 0.25) is 0 Å². The molecule has 0 aromatic heterocycles. The molecule has 3 rings (SSSR count). The molecule has 0 atom stereocenters. The van der Waals surface area contributed by atoms with Crippen LogP contribution in [0.25, 0.3) is 5.57 Å². The van der Waals surface area contributed by atoms with Gasteiger partial charge in [0.2, 0.25) is 0 Å². The molecule has 0 saturated carbocycles. The number of fused-ring (bicyclic) bond motifs is 1. The number of hydrogen-bond donors (Lipinski definition) is 1. The number of nitrogens with one attached hydrogen (secondary N) is 1. The van der Waals surface area contributed by atoms with E-state index in [-0.39, 0.29) is 5.78 Å². The summed E-state index contributed by atoms with van der Waals surface area (Å²) in [7, 11) is 11.2. The van der Waals surface area contributed by atoms with Crippen molar-refractivity contribution in [3.63, 3.8) is 0 Å². The van der Waals surface area contributed by atoms with E-state index in [1.807, 2.05) is 56.2 Å². The van der Waals surface area contributed by atoms with Gasteiger partial charge in [-0.1, -0.05) is 18.2 Å². The number of benzene rings is 1. The second kappa shape index (κ2) is 8.55. The summed E-state index contributed by atoms with van der Waals surface area (Å²) in [5, 5.41) is 3.41. The first-order chi connectivity index (χ1) is 13.9. The average molecular weight is 395 g/mol. The Hall–Kier alpha value is -3.02. The Bertz CT molecular complexity index is 936. The second-order valence-corrected chi connectivity index (χ2v) is 7.63. The monoisotopic (exact) mass is 394 g/mol. The minimum atomic E-state index is 0.0542. The van der Waals surface area contributed by atoms with Crippen molar-refractivity contribution >= 4 is 23.0 Å². The van der Waals surface area contributed by atoms with Gasteiger partial charge in [-0.25, -0.2) is 0 Å². The third-order valence-electron chi connectivity index (χ3n) is 5.24. The number of carbonyl (C=O) groups excluding carboxylic acids is 1. The van der Waals surface area contributed by atoms with E-state index in [4.69, 9.17) is 4.74 Å². The highest BCUT2D eigenvalue weighted by Crippen LogP contribution is 2.39. The molecule has 29 heavy (non-hydrogen) atoms. The van der Waals surface area contributed by atoms with Crippen molar-refractivity contribution in [1.82, 2.24) is 10.2 Å². The molecule has 6 nitrogen and oxygen atoms in total. The lowest BCUT2D eigenvalue weighted by atomic mass is 9.80. The number of ether oxygens (including phenoxy) is 1. The van der Waals surface area contributed by atoms with Gasteiger partial charge >= 0.3 is 0 Å². The highest BCUT2D eigenvalue weighted by atomic mass is 16.5. The number of Topliss-reactive ketones (excluding diaryl/α,β-unsaturated/α-hetero) is 1. The Morgan fingerprint density at radius 2 is 1.86 bits per heavy atom. The summed E-state index contributed by atoms with van der Waals surface area (Å²) in [5.74, 6) is 1.51. The van der Waals surface area contributed by atoms with Crippen LogP contribution in [0.15, 0.2) is 52.2 Å². The number of methoxy groups -OCH3 is 1. The van der Waals surface area contributed by atoms with E-state index in [1.54, 1.807) is 14.2 Å². The fourth-order valence-corrected chi connectivity index (χ4v) is 3.80. The van der Waals surface area contributed by atoms with Crippen LogP contribution in [0.4, 0.5) is 5.69 Å². The van der Waals surface area contributed by atoms with Gasteiger partial charge in [0.15, 0.2) is 11.7 Å². The van der Waals surface area contributed by atoms with E-state index in [0.29, 0.717) is 18.0 Å². The first kappa shape index (κ1) is 20.7. The Balaban J connectivity index is 2.17. The van der Waals surface area contributed by atoms with Crippen molar-refractivity contribution in [3.05, 3.63) is 52.8 Å². The predicted molar refractivity (Wildman–Crippen MR) is 119 cm³/mol. The molecule has 1 aromatic carbocycles. The van der Waals surface area contributed by atoms with Crippen molar-refractivity contribution in [2.45, 2.75) is 19.3 Å². The Morgan fingerprint density at radius 3 is 2.48 bits per heavy atom. The fourth-order valence-electron chi connectivity index (χ4n) is 3.80. The fraction of sp³-hybridized carbons (Fsp3) is 0.391. The summed E-state index contributed by atoms with van der Waals surface area (Å²) in [6.45, 7) is 0. The Labute approximate surface area is 173 Å². The van der Waals surface area contributed by atoms with E-state index >= 15 is 0 Å². The largest absolute Gasteiger partial charge is 0.495 e. The summed E-state index contributed by atoms with van der Waals surface area (Å²) < 4.78 is 5.60. The lowest BCUT2D eigenvalue weighted by molar-refractivity contribution is -0.110. The van der Waals surface area contributed by atoms with Crippen molar-refractivity contribution in [2.24, 2.45) is 4.99 Å². The van der Waals surface area contributed by atoms with Gasteiger partial charge in [-0.15, -0.1) is 0 Å². The van der Waals surface area contributed by atoms with Crippen LogP contribution in [0, 0.1) is 0 Å². The molecule has 0 amide bonds. The van der Waals surface area contributed by atoms with Gasteiger partial charge in [-0.05, 0) is 36.1 Å². The van der Waals surface area contributed by atoms with Gasteiger partial charge in [0, 0.05) is 58.5 Å². The van der Waals surface area contributed by atoms with Gasteiger partial charge in [-0.2, -0.15) is 0 Å². The van der Waals surface area contributed by atoms with E-state index in [0.717, 1.165) is 46.7 Å². The van der Waals surface area contributed by atoms with E-state index in [2.05, 4.69) is 22.5 Å². The molecule has 154 valence electrons. The van der Waals surface area contributed by atoms with E-state index < -0.39 is 0 Å². The average Bonchev–Trinajstić information content (AvgIpc) is 2.71. The number of nitrogens with zero attached hydrogens (tertiary/aromatic N) is 3. The smallest absolute Gasteiger partial charge is 0.197 e. The molecule has 1 aromatic rings. The molecule has 0 aliphatic heterocycles. The maximum Gasteiger partial charge on any atom is 0.197 e. The summed E-state index contributed by atoms with van der Waals surface area (Å²) in [5.41, 5.74) is 5.29. The number of allylic oxidation sites excluding steroid dienone is 5. The Kier molecular flexibility index (Phi) is 6.11. The first-order valence-corrected chi connectivity index (χ1v) is 9.81. The number of hydrogen-bond acceptors (Lipinski definition) is 4. The number of ketones is 1. The molecule has 2 aliphatic carbocycles. The topological polar surface area (TPSA) is 57.2 Å². The second-order valence-electron chi connectivity index (χ2n) is 7.63. The van der Waals surface area contributed by atoms with Crippen LogP contribution in [-0.4, -0.2) is 59.0 Å². The number of anilines is 1. The maximum absolute atomic E-state index is 13.5. The third kappa shape index (κ3) is 4.06. The van der Waals surface area contributed by atoms with Gasteiger partial charge in [0.05, 0.1) is 12.8 Å². The van der Waals surface area contributed by atoms with Crippen LogP contribution < -0.4 is 15.0 Å².